The van der Waals surface area contributed by atoms with Gasteiger partial charge in [0.15, 0.2) is 0 Å². The second kappa shape index (κ2) is 12.8. The van der Waals surface area contributed by atoms with Crippen LogP contribution in [0.25, 0.3) is 22.2 Å². The first-order valence-electron chi connectivity index (χ1n) is 15.4. The van der Waals surface area contributed by atoms with Gasteiger partial charge in [-0.25, -0.2) is 12.4 Å². The van der Waals surface area contributed by atoms with Crippen molar-refractivity contribution in [2.45, 2.75) is 51.3 Å². The fourth-order valence-corrected chi connectivity index (χ4v) is 7.23. The van der Waals surface area contributed by atoms with E-state index in [-0.39, 0.29) is 5.97 Å². The summed E-state index contributed by atoms with van der Waals surface area (Å²) in [6.45, 7) is 6.54. The van der Waals surface area contributed by atoms with Crippen molar-refractivity contribution in [3.05, 3.63) is 126 Å². The molecule has 0 saturated carbocycles. The molecule has 2 aromatic heterocycles. The van der Waals surface area contributed by atoms with Crippen molar-refractivity contribution in [3.63, 3.8) is 0 Å². The number of allylic oxidation sites excluding steroid dienone is 3. The zero-order chi connectivity index (χ0) is 32.3. The fraction of sp³-hybridized carbons (Fsp3) is 0.243. The maximum atomic E-state index is 13.7. The van der Waals surface area contributed by atoms with Gasteiger partial charge in [0.1, 0.15) is 16.2 Å². The van der Waals surface area contributed by atoms with E-state index >= 15 is 0 Å². The van der Waals surface area contributed by atoms with Crippen LogP contribution in [0.5, 0.6) is 11.5 Å². The van der Waals surface area contributed by atoms with Crippen LogP contribution in [0.4, 0.5) is 0 Å². The highest BCUT2D eigenvalue weighted by atomic mass is 32.2. The second-order valence-electron chi connectivity index (χ2n) is 11.8. The van der Waals surface area contributed by atoms with Crippen LogP contribution in [-0.2, 0) is 32.5 Å². The maximum absolute atomic E-state index is 13.7. The van der Waals surface area contributed by atoms with E-state index in [0.29, 0.717) is 49.4 Å². The van der Waals surface area contributed by atoms with Gasteiger partial charge in [-0.1, -0.05) is 60.2 Å². The summed E-state index contributed by atoms with van der Waals surface area (Å²) >= 11 is 0. The van der Waals surface area contributed by atoms with Crippen LogP contribution in [0.2, 0.25) is 0 Å². The molecule has 0 radical (unpaired) electrons. The Morgan fingerprint density at radius 3 is 2.57 bits per heavy atom. The number of hydrogen-bond acceptors (Lipinski definition) is 6. The number of nitrogens with zero attached hydrogens (tertiary/aromatic N) is 3. The first-order chi connectivity index (χ1) is 22.1. The molecular weight excluding hydrogens is 598 g/mol. The molecule has 1 atom stereocenters. The molecule has 0 N–H and O–H groups in total. The average molecular weight is 636 g/mol. The lowest BCUT2D eigenvalue weighted by Gasteiger charge is -2.28. The number of fused-ring (bicyclic) bond motifs is 1. The summed E-state index contributed by atoms with van der Waals surface area (Å²) in [7, 11) is -3.69. The summed E-state index contributed by atoms with van der Waals surface area (Å²) in [5.41, 5.74) is 5.59. The van der Waals surface area contributed by atoms with E-state index in [9.17, 15) is 13.2 Å². The normalized spacial score (nSPS) is 16.4. The Hall–Kier alpha value is -4.89. The summed E-state index contributed by atoms with van der Waals surface area (Å²) in [6.07, 6.45) is 10.6. The van der Waals surface area contributed by atoms with Crippen LogP contribution < -0.4 is 4.74 Å². The molecule has 1 aliphatic carbocycles. The lowest BCUT2D eigenvalue weighted by molar-refractivity contribution is -0.143. The predicted octanol–water partition coefficient (Wildman–Crippen LogP) is 7.68. The number of hydrogen-bond donors (Lipinski definition) is 0. The Kier molecular flexibility index (Phi) is 8.69. The van der Waals surface area contributed by atoms with Crippen LogP contribution >= 0.6 is 0 Å². The van der Waals surface area contributed by atoms with Gasteiger partial charge >= 0.3 is 5.97 Å². The minimum Gasteiger partial charge on any atom is -0.466 e. The van der Waals surface area contributed by atoms with Crippen LogP contribution in [-0.4, -0.2) is 39.5 Å². The molecular formula is C37H37N3O5S. The quantitative estimate of drug-likeness (QED) is 0.138. The standard InChI is InChI=1S/C37H37N3O5S/c1-4-44-36(41)14-11-28-7-5-8-29(23-28)26-39-21-18-34(38-39)30-9-6-10-32(24-30)45-33-12-13-35-31(25-33)17-22-40(35)46(42,43)37(3)19-15-27(2)16-20-37/h5-10,12-13,15-19,21-25H,4,11,14,20,26H2,1-3H3. The predicted molar refractivity (Wildman–Crippen MR) is 180 cm³/mol. The molecule has 3 aromatic carbocycles. The van der Waals surface area contributed by atoms with Gasteiger partial charge in [0.2, 0.25) is 10.0 Å². The third-order valence-corrected chi connectivity index (χ3v) is 10.6. The highest BCUT2D eigenvalue weighted by molar-refractivity contribution is 7.91. The smallest absolute Gasteiger partial charge is 0.306 e. The van der Waals surface area contributed by atoms with Crippen LogP contribution in [0.15, 0.2) is 115 Å². The Labute approximate surface area is 269 Å². The van der Waals surface area contributed by atoms with Gasteiger partial charge < -0.3 is 9.47 Å². The second-order valence-corrected chi connectivity index (χ2v) is 14.1. The number of esters is 1. The summed E-state index contributed by atoms with van der Waals surface area (Å²) in [5.74, 6) is 1.07. The Morgan fingerprint density at radius 2 is 1.76 bits per heavy atom. The largest absolute Gasteiger partial charge is 0.466 e. The molecule has 1 unspecified atom stereocenters. The number of aromatic nitrogens is 3. The van der Waals surface area contributed by atoms with Crippen molar-refractivity contribution in [2.75, 3.05) is 6.61 Å². The molecule has 0 bridgehead atoms. The molecule has 6 rings (SSSR count). The number of benzene rings is 3. The van der Waals surface area contributed by atoms with Gasteiger partial charge in [-0.2, -0.15) is 5.10 Å². The Morgan fingerprint density at radius 1 is 0.957 bits per heavy atom. The minimum absolute atomic E-state index is 0.184. The van der Waals surface area contributed by atoms with Crippen LogP contribution in [0.1, 0.15) is 44.7 Å². The van der Waals surface area contributed by atoms with Crippen LogP contribution in [0, 0.1) is 0 Å². The first kappa shape index (κ1) is 31.1. The summed E-state index contributed by atoms with van der Waals surface area (Å²) in [6, 6.07) is 25.1. The van der Waals surface area contributed by atoms with E-state index in [4.69, 9.17) is 14.6 Å². The molecule has 8 nitrogen and oxygen atoms in total. The maximum Gasteiger partial charge on any atom is 0.306 e. The minimum atomic E-state index is -3.69. The highest BCUT2D eigenvalue weighted by Crippen LogP contribution is 2.34. The van der Waals surface area contributed by atoms with E-state index in [0.717, 1.165) is 33.3 Å². The Bertz CT molecular complexity index is 2070. The van der Waals surface area contributed by atoms with Gasteiger partial charge in [-0.3, -0.25) is 9.48 Å². The Balaban J connectivity index is 1.14. The SMILES string of the molecule is CCOC(=O)CCc1cccc(Cn2ccc(-c3cccc(Oc4ccc5c(ccn5S(=O)(=O)C5(C)C=CC(C)=CC5)c4)c3)n2)c1. The van der Waals surface area contributed by atoms with E-state index in [2.05, 4.69) is 12.1 Å². The molecule has 1 aliphatic rings. The third kappa shape index (κ3) is 6.55. The van der Waals surface area contributed by atoms with Crippen molar-refractivity contribution >= 4 is 26.9 Å². The van der Waals surface area contributed by atoms with E-state index in [1.165, 1.54) is 3.97 Å². The van der Waals surface area contributed by atoms with Crippen LogP contribution in [0.3, 0.4) is 0 Å². The van der Waals surface area contributed by atoms with Gasteiger partial charge in [-0.15, -0.1) is 0 Å². The number of carbonyl (C=O) groups is 1. The van der Waals surface area contributed by atoms with Crippen molar-refractivity contribution in [3.8, 4) is 22.8 Å². The topological polar surface area (TPSA) is 92.4 Å². The van der Waals surface area contributed by atoms with Gasteiger partial charge in [-0.05, 0) is 87.2 Å². The lowest BCUT2D eigenvalue weighted by Crippen LogP contribution is -2.38. The van der Waals surface area contributed by atoms with E-state index < -0.39 is 14.8 Å². The summed E-state index contributed by atoms with van der Waals surface area (Å²) < 4.78 is 40.8. The molecule has 46 heavy (non-hydrogen) atoms. The summed E-state index contributed by atoms with van der Waals surface area (Å²) in [4.78, 5) is 11.7. The molecule has 0 saturated heterocycles. The van der Waals surface area contributed by atoms with Crippen molar-refractivity contribution in [2.24, 2.45) is 0 Å². The molecule has 0 spiro atoms. The molecule has 0 fully saturated rings. The van der Waals surface area contributed by atoms with Gasteiger partial charge in [0.25, 0.3) is 0 Å². The molecule has 2 heterocycles. The monoisotopic (exact) mass is 635 g/mol. The molecule has 9 heteroatoms. The lowest BCUT2D eigenvalue weighted by atomic mass is 9.98. The fourth-order valence-electron chi connectivity index (χ4n) is 5.60. The highest BCUT2D eigenvalue weighted by Gasteiger charge is 2.39. The van der Waals surface area contributed by atoms with Gasteiger partial charge in [0, 0.05) is 29.8 Å². The number of rotatable bonds is 11. The first-order valence-corrected chi connectivity index (χ1v) is 16.8. The molecule has 0 aliphatic heterocycles. The zero-order valence-corrected chi connectivity index (χ0v) is 27.0. The van der Waals surface area contributed by atoms with E-state index in [1.54, 1.807) is 37.4 Å². The summed E-state index contributed by atoms with van der Waals surface area (Å²) in [5, 5.41) is 5.56. The molecule has 0 amide bonds. The number of aryl methyl sites for hydroxylation is 1. The van der Waals surface area contributed by atoms with Gasteiger partial charge in [0.05, 0.1) is 24.4 Å². The zero-order valence-electron chi connectivity index (χ0n) is 26.2. The molecule has 236 valence electrons. The van der Waals surface area contributed by atoms with Crippen molar-refractivity contribution in [1.29, 1.82) is 0 Å². The number of ether oxygens (including phenoxy) is 2. The van der Waals surface area contributed by atoms with E-state index in [1.807, 2.05) is 85.4 Å². The van der Waals surface area contributed by atoms with Crippen molar-refractivity contribution in [1.82, 2.24) is 13.8 Å². The average Bonchev–Trinajstić information content (AvgIpc) is 3.69. The third-order valence-electron chi connectivity index (χ3n) is 8.27. The van der Waals surface area contributed by atoms with Crippen molar-refractivity contribution < 1.29 is 22.7 Å². The molecule has 5 aromatic rings. The number of carbonyl (C=O) groups excluding carboxylic acids is 1.